The first-order valence-electron chi connectivity index (χ1n) is 8.60. The van der Waals surface area contributed by atoms with E-state index in [1.165, 1.54) is 16.8 Å². The Hall–Kier alpha value is -3.46. The molecule has 140 valence electrons. The van der Waals surface area contributed by atoms with Gasteiger partial charge in [-0.25, -0.2) is 0 Å². The fourth-order valence-corrected chi connectivity index (χ4v) is 3.46. The van der Waals surface area contributed by atoms with Crippen LogP contribution in [0.1, 0.15) is 6.42 Å². The third-order valence-corrected chi connectivity index (χ3v) is 4.91. The molecule has 2 aromatic carbocycles. The van der Waals surface area contributed by atoms with Gasteiger partial charge in [-0.1, -0.05) is 36.4 Å². The largest absolute Gasteiger partial charge is 0.385 e. The SMILES string of the molecule is O=C(CSc1nc[nH][n+]1-c1ccccc1)NC1=NN(c2ccccc2)C(=O)C1. The predicted octanol–water partition coefficient (Wildman–Crippen LogP) is 1.65. The second kappa shape index (κ2) is 8.05. The third-order valence-electron chi connectivity index (χ3n) is 3.96. The van der Waals surface area contributed by atoms with E-state index in [0.29, 0.717) is 16.7 Å². The molecule has 9 heteroatoms. The number of amides is 2. The Morgan fingerprint density at radius 2 is 1.86 bits per heavy atom. The normalized spacial score (nSPS) is 13.5. The first-order chi connectivity index (χ1) is 13.7. The van der Waals surface area contributed by atoms with E-state index in [4.69, 9.17) is 0 Å². The van der Waals surface area contributed by atoms with E-state index in [1.54, 1.807) is 23.1 Å². The van der Waals surface area contributed by atoms with Crippen LogP contribution in [0, 0.1) is 0 Å². The van der Waals surface area contributed by atoms with Gasteiger partial charge in [-0.15, -0.1) is 4.68 Å². The van der Waals surface area contributed by atoms with Crippen molar-refractivity contribution >= 4 is 35.1 Å². The van der Waals surface area contributed by atoms with Crippen LogP contribution in [0.25, 0.3) is 5.69 Å². The number of aromatic amines is 1. The van der Waals surface area contributed by atoms with Crippen molar-refractivity contribution in [2.45, 2.75) is 11.6 Å². The lowest BCUT2D eigenvalue weighted by molar-refractivity contribution is -0.694. The van der Waals surface area contributed by atoms with Gasteiger partial charge in [0.25, 0.3) is 5.91 Å². The summed E-state index contributed by atoms with van der Waals surface area (Å²) in [6, 6.07) is 18.8. The molecule has 0 saturated heterocycles. The molecular formula is C19H17N6O2S+. The number of nitrogens with zero attached hydrogens (tertiary/aromatic N) is 4. The van der Waals surface area contributed by atoms with Gasteiger partial charge in [0.05, 0.1) is 17.9 Å². The van der Waals surface area contributed by atoms with Crippen molar-refractivity contribution < 1.29 is 14.3 Å². The first kappa shape index (κ1) is 17.9. The number of anilines is 1. The minimum absolute atomic E-state index is 0.0672. The number of carbonyl (C=O) groups is 2. The molecule has 2 amide bonds. The summed E-state index contributed by atoms with van der Waals surface area (Å²) in [5.41, 5.74) is 1.60. The van der Waals surface area contributed by atoms with Gasteiger partial charge in [-0.05, 0) is 41.0 Å². The van der Waals surface area contributed by atoms with Gasteiger partial charge >= 0.3 is 5.16 Å². The van der Waals surface area contributed by atoms with E-state index in [1.807, 2.05) is 48.5 Å². The molecule has 0 radical (unpaired) electrons. The van der Waals surface area contributed by atoms with E-state index >= 15 is 0 Å². The molecule has 1 aliphatic heterocycles. The number of thioether (sulfide) groups is 1. The smallest absolute Gasteiger partial charge is 0.312 e. The minimum Gasteiger partial charge on any atom is -0.312 e. The highest BCUT2D eigenvalue weighted by atomic mass is 32.2. The zero-order valence-electron chi connectivity index (χ0n) is 14.8. The molecule has 0 unspecified atom stereocenters. The number of para-hydroxylation sites is 2. The number of benzene rings is 2. The lowest BCUT2D eigenvalue weighted by Crippen LogP contribution is -2.36. The average Bonchev–Trinajstić information content (AvgIpc) is 3.34. The highest BCUT2D eigenvalue weighted by Gasteiger charge is 2.27. The number of hydrogen-bond donors (Lipinski definition) is 2. The van der Waals surface area contributed by atoms with Crippen molar-refractivity contribution in [1.82, 2.24) is 15.4 Å². The molecule has 4 rings (SSSR count). The van der Waals surface area contributed by atoms with Gasteiger partial charge in [0.15, 0.2) is 5.69 Å². The van der Waals surface area contributed by atoms with Crippen LogP contribution < -0.4 is 15.0 Å². The van der Waals surface area contributed by atoms with Crippen molar-refractivity contribution in [1.29, 1.82) is 0 Å². The second-order valence-electron chi connectivity index (χ2n) is 5.94. The van der Waals surface area contributed by atoms with Crippen LogP contribution in [0.15, 0.2) is 77.2 Å². The lowest BCUT2D eigenvalue weighted by atomic mass is 10.3. The molecule has 8 nitrogen and oxygen atoms in total. The first-order valence-corrected chi connectivity index (χ1v) is 9.58. The van der Waals surface area contributed by atoms with Crippen LogP contribution in [0.2, 0.25) is 0 Å². The molecule has 3 aromatic rings. The van der Waals surface area contributed by atoms with Gasteiger partial charge in [0.2, 0.25) is 12.2 Å². The number of carbonyl (C=O) groups excluding carboxylic acids is 2. The van der Waals surface area contributed by atoms with Crippen molar-refractivity contribution in [2.75, 3.05) is 10.8 Å². The number of amidine groups is 1. The molecular weight excluding hydrogens is 376 g/mol. The third kappa shape index (κ3) is 3.94. The van der Waals surface area contributed by atoms with Gasteiger partial charge in [0, 0.05) is 0 Å². The molecule has 0 bridgehead atoms. The molecule has 0 fully saturated rings. The van der Waals surface area contributed by atoms with Crippen molar-refractivity contribution in [2.24, 2.45) is 5.10 Å². The van der Waals surface area contributed by atoms with Gasteiger partial charge in [-0.2, -0.15) is 15.2 Å². The van der Waals surface area contributed by atoms with Crippen molar-refractivity contribution in [3.63, 3.8) is 0 Å². The van der Waals surface area contributed by atoms with E-state index in [-0.39, 0.29) is 24.0 Å². The summed E-state index contributed by atoms with van der Waals surface area (Å²) in [5, 5.41) is 11.9. The molecule has 0 saturated carbocycles. The van der Waals surface area contributed by atoms with E-state index in [9.17, 15) is 9.59 Å². The van der Waals surface area contributed by atoms with Crippen LogP contribution in [0.3, 0.4) is 0 Å². The van der Waals surface area contributed by atoms with Crippen LogP contribution >= 0.6 is 11.8 Å². The molecule has 1 aromatic heterocycles. The molecule has 0 aliphatic carbocycles. The average molecular weight is 393 g/mol. The standard InChI is InChI=1S/C19H16N6O2S/c26-17(12-28-19-20-13-21-25(19)15-9-5-2-6-10-15)22-16-11-18(27)24(23-16)14-7-3-1-4-8-14/h1-10,13H,11-12H2,(H,22,23,26)/p+1. The minimum atomic E-state index is -0.242. The number of hydrogen-bond acceptors (Lipinski definition) is 5. The Labute approximate surface area is 165 Å². The van der Waals surface area contributed by atoms with E-state index in [2.05, 4.69) is 20.5 Å². The highest BCUT2D eigenvalue weighted by Crippen LogP contribution is 2.19. The number of H-pyrrole nitrogens is 1. The fourth-order valence-electron chi connectivity index (χ4n) is 2.72. The second-order valence-corrected chi connectivity index (χ2v) is 6.88. The molecule has 2 N–H and O–H groups in total. The topological polar surface area (TPSA) is 94.3 Å². The van der Waals surface area contributed by atoms with Gasteiger partial charge in [0.1, 0.15) is 5.84 Å². The summed E-state index contributed by atoms with van der Waals surface area (Å²) in [7, 11) is 0. The summed E-state index contributed by atoms with van der Waals surface area (Å²) in [4.78, 5) is 28.7. The predicted molar refractivity (Wildman–Crippen MR) is 105 cm³/mol. The Morgan fingerprint density at radius 1 is 1.14 bits per heavy atom. The summed E-state index contributed by atoms with van der Waals surface area (Å²) < 4.78 is 1.80. The Kier molecular flexibility index (Phi) is 5.16. The number of rotatable bonds is 5. The summed E-state index contributed by atoms with van der Waals surface area (Å²) in [5.74, 6) is 0.0748. The van der Waals surface area contributed by atoms with Crippen LogP contribution in [0.5, 0.6) is 0 Å². The zero-order chi connectivity index (χ0) is 19.3. The summed E-state index contributed by atoms with van der Waals surface area (Å²) in [6.45, 7) is 0. The summed E-state index contributed by atoms with van der Waals surface area (Å²) >= 11 is 1.29. The van der Waals surface area contributed by atoms with Crippen molar-refractivity contribution in [3.8, 4) is 5.69 Å². The Morgan fingerprint density at radius 3 is 2.61 bits per heavy atom. The molecule has 0 spiro atoms. The van der Waals surface area contributed by atoms with Gasteiger partial charge < -0.3 is 5.32 Å². The molecule has 0 atom stereocenters. The van der Waals surface area contributed by atoms with Crippen molar-refractivity contribution in [3.05, 3.63) is 67.0 Å². The fraction of sp³-hybridized carbons (Fsp3) is 0.105. The van der Waals surface area contributed by atoms with E-state index < -0.39 is 0 Å². The molecule has 2 heterocycles. The number of hydrazone groups is 1. The zero-order valence-corrected chi connectivity index (χ0v) is 15.6. The quantitative estimate of drug-likeness (QED) is 0.509. The maximum atomic E-state index is 12.3. The van der Waals surface area contributed by atoms with E-state index in [0.717, 1.165) is 5.69 Å². The van der Waals surface area contributed by atoms with Crippen LogP contribution in [-0.2, 0) is 9.59 Å². The Balaban J connectivity index is 1.37. The molecule has 1 aliphatic rings. The monoisotopic (exact) mass is 393 g/mol. The Bertz CT molecular complexity index is 1020. The summed E-state index contributed by atoms with van der Waals surface area (Å²) in [6.07, 6.45) is 1.64. The lowest BCUT2D eigenvalue weighted by Gasteiger charge is -2.10. The maximum Gasteiger partial charge on any atom is 0.385 e. The highest BCUT2D eigenvalue weighted by molar-refractivity contribution is 7.99. The number of nitrogens with one attached hydrogen (secondary N) is 2. The maximum absolute atomic E-state index is 12.3. The van der Waals surface area contributed by atoms with Crippen LogP contribution in [0.4, 0.5) is 5.69 Å². The number of aromatic nitrogens is 3. The van der Waals surface area contributed by atoms with Gasteiger partial charge in [-0.3, -0.25) is 9.59 Å². The molecule has 28 heavy (non-hydrogen) atoms. The van der Waals surface area contributed by atoms with Crippen LogP contribution in [-0.4, -0.2) is 33.5 Å².